The summed E-state index contributed by atoms with van der Waals surface area (Å²) in [5, 5.41) is 15.9. The Morgan fingerprint density at radius 1 is 1.15 bits per heavy atom. The molecular formula is C26H33N3O5. The van der Waals surface area contributed by atoms with Gasteiger partial charge in [0.15, 0.2) is 0 Å². The summed E-state index contributed by atoms with van der Waals surface area (Å²) in [7, 11) is 3.68. The fourth-order valence-electron chi connectivity index (χ4n) is 4.79. The van der Waals surface area contributed by atoms with Crippen LogP contribution in [0.25, 0.3) is 0 Å². The van der Waals surface area contributed by atoms with E-state index in [-0.39, 0.29) is 49.0 Å². The molecule has 0 aromatic heterocycles. The van der Waals surface area contributed by atoms with Crippen LogP contribution in [0.5, 0.6) is 5.75 Å². The monoisotopic (exact) mass is 467 g/mol. The van der Waals surface area contributed by atoms with Gasteiger partial charge in [-0.3, -0.25) is 9.59 Å². The Labute approximate surface area is 200 Å². The molecule has 2 aromatic carbocycles. The lowest BCUT2D eigenvalue weighted by atomic mass is 9.84. The molecule has 0 aliphatic carbocycles. The van der Waals surface area contributed by atoms with Gasteiger partial charge in [0, 0.05) is 17.2 Å². The number of hydrogen-bond acceptors (Lipinski definition) is 6. The van der Waals surface area contributed by atoms with E-state index in [1.165, 1.54) is 0 Å². The second-order valence-electron chi connectivity index (χ2n) is 9.35. The van der Waals surface area contributed by atoms with E-state index in [0.717, 1.165) is 16.9 Å². The third-order valence-electron chi connectivity index (χ3n) is 6.33. The number of nitrogens with zero attached hydrogens (tertiary/aromatic N) is 1. The Bertz CT molecular complexity index is 1010. The van der Waals surface area contributed by atoms with Gasteiger partial charge in [0.05, 0.1) is 31.7 Å². The molecule has 3 N–H and O–H groups in total. The molecule has 1 saturated heterocycles. The number of hydrogen-bond donors (Lipinski definition) is 3. The quantitative estimate of drug-likeness (QED) is 0.552. The van der Waals surface area contributed by atoms with Crippen molar-refractivity contribution in [2.45, 2.75) is 50.0 Å². The van der Waals surface area contributed by atoms with E-state index in [1.54, 1.807) is 4.90 Å². The summed E-state index contributed by atoms with van der Waals surface area (Å²) in [5.74, 6) is 0.504. The molecule has 2 heterocycles. The van der Waals surface area contributed by atoms with Gasteiger partial charge >= 0.3 is 0 Å². The van der Waals surface area contributed by atoms with Gasteiger partial charge in [-0.15, -0.1) is 0 Å². The largest absolute Gasteiger partial charge is 0.487 e. The van der Waals surface area contributed by atoms with E-state index < -0.39 is 6.10 Å². The van der Waals surface area contributed by atoms with Crippen LogP contribution < -0.4 is 15.4 Å². The van der Waals surface area contributed by atoms with Crippen molar-refractivity contribution in [3.63, 3.8) is 0 Å². The fraction of sp³-hybridized carbons (Fsp3) is 0.462. The van der Waals surface area contributed by atoms with Crippen molar-refractivity contribution >= 4 is 17.5 Å². The first-order chi connectivity index (χ1) is 16.3. The number of aliphatic hydroxyl groups excluding tert-OH is 1. The summed E-state index contributed by atoms with van der Waals surface area (Å²) in [4.78, 5) is 26.7. The zero-order chi connectivity index (χ0) is 24.2. The number of nitrogens with one attached hydrogen (secondary N) is 2. The van der Waals surface area contributed by atoms with Crippen LogP contribution in [-0.4, -0.2) is 67.4 Å². The lowest BCUT2D eigenvalue weighted by Crippen LogP contribution is -2.47. The van der Waals surface area contributed by atoms with Gasteiger partial charge < -0.3 is 30.1 Å². The van der Waals surface area contributed by atoms with E-state index in [9.17, 15) is 14.7 Å². The number of carbonyl (C=O) groups is 2. The maximum Gasteiger partial charge on any atom is 0.238 e. The Morgan fingerprint density at radius 2 is 1.91 bits per heavy atom. The first-order valence-corrected chi connectivity index (χ1v) is 11.7. The standard InChI is InChI=1S/C26H33N3O5/c1-16(17-7-5-4-6-8-17)27-24(31)13-19-12-21-20-11-18(28-25(32)14-29(2)3)9-10-22(20)34-26(21)23(15-30)33-19/h4-11,16,19,21,23,26,30H,12-15H2,1-3H3,(H,27,31)(H,28,32)/t16-,19+,21-,23-,26+/m1/s1. The predicted molar refractivity (Wildman–Crippen MR) is 129 cm³/mol. The van der Waals surface area contributed by atoms with Crippen molar-refractivity contribution in [1.82, 2.24) is 10.2 Å². The highest BCUT2D eigenvalue weighted by atomic mass is 16.6. The molecule has 0 unspecified atom stereocenters. The van der Waals surface area contributed by atoms with Crippen molar-refractivity contribution in [3.05, 3.63) is 59.7 Å². The van der Waals surface area contributed by atoms with Gasteiger partial charge in [0.1, 0.15) is 18.0 Å². The van der Waals surface area contributed by atoms with Gasteiger partial charge in [-0.1, -0.05) is 30.3 Å². The molecule has 2 aliphatic heterocycles. The van der Waals surface area contributed by atoms with Crippen LogP contribution in [0.4, 0.5) is 5.69 Å². The number of rotatable bonds is 8. The summed E-state index contributed by atoms with van der Waals surface area (Å²) in [6.45, 7) is 2.05. The van der Waals surface area contributed by atoms with E-state index in [2.05, 4.69) is 10.6 Å². The molecule has 2 aromatic rings. The van der Waals surface area contributed by atoms with Crippen LogP contribution in [0, 0.1) is 0 Å². The Morgan fingerprint density at radius 3 is 2.62 bits per heavy atom. The first kappa shape index (κ1) is 24.2. The van der Waals surface area contributed by atoms with Crippen molar-refractivity contribution < 1.29 is 24.2 Å². The molecule has 0 saturated carbocycles. The Kier molecular flexibility index (Phi) is 7.50. The maximum atomic E-state index is 12.8. The number of aliphatic hydroxyl groups is 1. The summed E-state index contributed by atoms with van der Waals surface area (Å²) < 4.78 is 12.2. The molecular weight excluding hydrogens is 434 g/mol. The second-order valence-corrected chi connectivity index (χ2v) is 9.35. The molecule has 1 fully saturated rings. The average molecular weight is 468 g/mol. The average Bonchev–Trinajstić information content (AvgIpc) is 3.16. The van der Waals surface area contributed by atoms with Crippen LogP contribution in [-0.2, 0) is 14.3 Å². The number of likely N-dealkylation sites (N-methyl/N-ethyl adjacent to an activating group) is 1. The minimum atomic E-state index is -0.526. The van der Waals surface area contributed by atoms with Crippen LogP contribution >= 0.6 is 0 Å². The van der Waals surface area contributed by atoms with Crippen LogP contribution in [0.3, 0.4) is 0 Å². The zero-order valence-corrected chi connectivity index (χ0v) is 19.9. The number of carbonyl (C=O) groups excluding carboxylic acids is 2. The van der Waals surface area contributed by atoms with E-state index in [1.807, 2.05) is 69.6 Å². The highest BCUT2D eigenvalue weighted by Crippen LogP contribution is 2.47. The van der Waals surface area contributed by atoms with Gasteiger partial charge in [0.2, 0.25) is 11.8 Å². The number of ether oxygens (including phenoxy) is 2. The summed E-state index contributed by atoms with van der Waals surface area (Å²) in [5.41, 5.74) is 2.71. The third-order valence-corrected chi connectivity index (χ3v) is 6.33. The molecule has 4 rings (SSSR count). The molecule has 0 bridgehead atoms. The van der Waals surface area contributed by atoms with Crippen molar-refractivity contribution in [2.75, 3.05) is 32.6 Å². The third kappa shape index (κ3) is 5.58. The number of benzene rings is 2. The summed E-state index contributed by atoms with van der Waals surface area (Å²) in [6.07, 6.45) is -0.400. The first-order valence-electron chi connectivity index (χ1n) is 11.7. The van der Waals surface area contributed by atoms with Gasteiger partial charge in [-0.05, 0) is 51.2 Å². The minimum absolute atomic E-state index is 0.0315. The Hall–Kier alpha value is -2.94. The molecule has 0 spiro atoms. The van der Waals surface area contributed by atoms with Crippen LogP contribution in [0.2, 0.25) is 0 Å². The fourth-order valence-corrected chi connectivity index (χ4v) is 4.79. The molecule has 5 atom stereocenters. The van der Waals surface area contributed by atoms with Gasteiger partial charge in [-0.2, -0.15) is 0 Å². The van der Waals surface area contributed by atoms with E-state index >= 15 is 0 Å². The predicted octanol–water partition coefficient (Wildman–Crippen LogP) is 2.45. The molecule has 8 heteroatoms. The van der Waals surface area contributed by atoms with E-state index in [4.69, 9.17) is 9.47 Å². The molecule has 34 heavy (non-hydrogen) atoms. The van der Waals surface area contributed by atoms with Crippen molar-refractivity contribution in [1.29, 1.82) is 0 Å². The zero-order valence-electron chi connectivity index (χ0n) is 19.9. The number of fused-ring (bicyclic) bond motifs is 3. The maximum absolute atomic E-state index is 12.8. The summed E-state index contributed by atoms with van der Waals surface area (Å²) in [6, 6.07) is 15.3. The highest BCUT2D eigenvalue weighted by molar-refractivity contribution is 5.92. The molecule has 0 radical (unpaired) electrons. The number of anilines is 1. The minimum Gasteiger partial charge on any atom is -0.487 e. The normalized spacial score (nSPS) is 24.0. The molecule has 2 amide bonds. The second kappa shape index (κ2) is 10.5. The van der Waals surface area contributed by atoms with Gasteiger partial charge in [-0.25, -0.2) is 0 Å². The Balaban J connectivity index is 1.43. The van der Waals surface area contributed by atoms with Crippen molar-refractivity contribution in [2.24, 2.45) is 0 Å². The molecule has 2 aliphatic rings. The lowest BCUT2D eigenvalue weighted by Gasteiger charge is -2.37. The molecule has 182 valence electrons. The topological polar surface area (TPSA) is 100 Å². The van der Waals surface area contributed by atoms with Crippen LogP contribution in [0.1, 0.15) is 42.9 Å². The van der Waals surface area contributed by atoms with Crippen LogP contribution in [0.15, 0.2) is 48.5 Å². The van der Waals surface area contributed by atoms with Gasteiger partial charge in [0.25, 0.3) is 0 Å². The SMILES string of the molecule is C[C@@H](NC(=O)C[C@@H]1C[C@@H]2c3cc(NC(=O)CN(C)C)ccc3O[C@@H]2[C@@H](CO)O1)c1ccccc1. The lowest BCUT2D eigenvalue weighted by molar-refractivity contribution is -0.142. The van der Waals surface area contributed by atoms with E-state index in [0.29, 0.717) is 18.7 Å². The number of amides is 2. The highest BCUT2D eigenvalue weighted by Gasteiger charge is 2.46. The summed E-state index contributed by atoms with van der Waals surface area (Å²) >= 11 is 0. The smallest absolute Gasteiger partial charge is 0.238 e. The van der Waals surface area contributed by atoms with Crippen molar-refractivity contribution in [3.8, 4) is 5.75 Å². The molecule has 8 nitrogen and oxygen atoms in total.